The molecule has 4 heteroatoms. The predicted molar refractivity (Wildman–Crippen MR) is 115 cm³/mol. The van der Waals surface area contributed by atoms with E-state index in [1.165, 1.54) is 0 Å². The van der Waals surface area contributed by atoms with Crippen molar-refractivity contribution in [3.63, 3.8) is 0 Å². The van der Waals surface area contributed by atoms with Gasteiger partial charge in [-0.05, 0) is 55.2 Å². The molecule has 1 amide bonds. The van der Waals surface area contributed by atoms with Crippen molar-refractivity contribution in [1.29, 1.82) is 0 Å². The van der Waals surface area contributed by atoms with Gasteiger partial charge in [0.25, 0.3) is 5.91 Å². The number of rotatable bonds is 8. The molecule has 1 atom stereocenters. The predicted octanol–water partition coefficient (Wildman–Crippen LogP) is 5.57. The van der Waals surface area contributed by atoms with E-state index in [-0.39, 0.29) is 5.91 Å². The summed E-state index contributed by atoms with van der Waals surface area (Å²) < 4.78 is 5.74. The quantitative estimate of drug-likeness (QED) is 0.610. The van der Waals surface area contributed by atoms with Gasteiger partial charge in [-0.15, -0.1) is 0 Å². The summed E-state index contributed by atoms with van der Waals surface area (Å²) in [7, 11) is 0. The van der Waals surface area contributed by atoms with Crippen molar-refractivity contribution in [2.45, 2.75) is 45.7 Å². The van der Waals surface area contributed by atoms with Crippen LogP contribution in [0.4, 0.5) is 5.69 Å². The number of unbranched alkanes of at least 4 members (excludes halogenated alkanes) is 1. The average molecular weight is 379 g/mol. The average Bonchev–Trinajstić information content (AvgIpc) is 2.72. The molecule has 2 aromatic carbocycles. The molecule has 1 unspecified atom stereocenters. The lowest BCUT2D eigenvalue weighted by molar-refractivity contribution is 0.0478. The Labute approximate surface area is 168 Å². The molecule has 0 aliphatic carbocycles. The molecule has 1 aliphatic rings. The first-order valence-corrected chi connectivity index (χ1v) is 10.1. The van der Waals surface area contributed by atoms with E-state index in [4.69, 9.17) is 4.74 Å². The van der Waals surface area contributed by atoms with E-state index < -0.39 is 5.66 Å². The molecule has 28 heavy (non-hydrogen) atoms. The monoisotopic (exact) mass is 378 g/mol. The summed E-state index contributed by atoms with van der Waals surface area (Å²) in [6.07, 6.45) is 2.78. The molecule has 1 N–H and O–H groups in total. The number of para-hydroxylation sites is 1. The van der Waals surface area contributed by atoms with Gasteiger partial charge in [-0.3, -0.25) is 4.79 Å². The lowest BCUT2D eigenvalue weighted by atomic mass is 9.89. The first-order valence-electron chi connectivity index (χ1n) is 10.1. The number of ether oxygens (including phenoxy) is 1. The standard InChI is InChI=1S/C24H30N2O2/c1-5-7-16-26-23(27)21-10-8-9-11-22(21)25-24(26,6-2)19-12-14-20(15-13-19)28-17-18(3)4/h8-15,25H,3,5-7,16-17H2,1-2,4H3. The lowest BCUT2D eigenvalue weighted by Gasteiger charge is -2.48. The van der Waals surface area contributed by atoms with E-state index >= 15 is 0 Å². The summed E-state index contributed by atoms with van der Waals surface area (Å²) in [4.78, 5) is 15.4. The maximum Gasteiger partial charge on any atom is 0.258 e. The Balaban J connectivity index is 2.00. The number of hydrogen-bond acceptors (Lipinski definition) is 3. The zero-order chi connectivity index (χ0) is 20.1. The number of carbonyl (C=O) groups excluding carboxylic acids is 1. The van der Waals surface area contributed by atoms with E-state index in [0.717, 1.165) is 53.9 Å². The minimum atomic E-state index is -0.562. The van der Waals surface area contributed by atoms with Crippen LogP contribution in [0.1, 0.15) is 56.0 Å². The lowest BCUT2D eigenvalue weighted by Crippen LogP contribution is -2.57. The van der Waals surface area contributed by atoms with Crippen molar-refractivity contribution in [3.05, 3.63) is 71.8 Å². The number of anilines is 1. The van der Waals surface area contributed by atoms with Crippen molar-refractivity contribution in [3.8, 4) is 5.75 Å². The van der Waals surface area contributed by atoms with Gasteiger partial charge in [-0.25, -0.2) is 0 Å². The molecule has 3 rings (SSSR count). The molecule has 0 radical (unpaired) electrons. The fraction of sp³-hybridized carbons (Fsp3) is 0.375. The molecule has 0 spiro atoms. The fourth-order valence-electron chi connectivity index (χ4n) is 3.74. The molecular weight excluding hydrogens is 348 g/mol. The van der Waals surface area contributed by atoms with Gasteiger partial charge in [0, 0.05) is 12.2 Å². The van der Waals surface area contributed by atoms with Crippen LogP contribution in [-0.4, -0.2) is 24.0 Å². The molecule has 1 aliphatic heterocycles. The third-order valence-corrected chi connectivity index (χ3v) is 5.27. The van der Waals surface area contributed by atoms with Crippen LogP contribution < -0.4 is 10.1 Å². The maximum atomic E-state index is 13.4. The molecule has 0 bridgehead atoms. The fourth-order valence-corrected chi connectivity index (χ4v) is 3.74. The van der Waals surface area contributed by atoms with Gasteiger partial charge in [-0.2, -0.15) is 0 Å². The Bertz CT molecular complexity index is 844. The number of carbonyl (C=O) groups is 1. The van der Waals surface area contributed by atoms with Crippen LogP contribution in [0.3, 0.4) is 0 Å². The minimum Gasteiger partial charge on any atom is -0.489 e. The van der Waals surface area contributed by atoms with E-state index in [9.17, 15) is 4.79 Å². The highest BCUT2D eigenvalue weighted by atomic mass is 16.5. The van der Waals surface area contributed by atoms with Crippen molar-refractivity contribution in [2.75, 3.05) is 18.5 Å². The second-order valence-corrected chi connectivity index (χ2v) is 7.46. The number of benzene rings is 2. The van der Waals surface area contributed by atoms with Crippen molar-refractivity contribution in [1.82, 2.24) is 4.90 Å². The molecule has 2 aromatic rings. The van der Waals surface area contributed by atoms with Gasteiger partial charge in [0.05, 0.1) is 5.56 Å². The molecule has 0 saturated carbocycles. The Kier molecular flexibility index (Phi) is 6.08. The van der Waals surface area contributed by atoms with E-state index in [1.807, 2.05) is 48.2 Å². The zero-order valence-electron chi connectivity index (χ0n) is 17.1. The highest BCUT2D eigenvalue weighted by Crippen LogP contribution is 2.40. The van der Waals surface area contributed by atoms with Crippen LogP contribution in [0, 0.1) is 0 Å². The maximum absolute atomic E-state index is 13.4. The Morgan fingerprint density at radius 1 is 1.14 bits per heavy atom. The zero-order valence-corrected chi connectivity index (χ0v) is 17.1. The van der Waals surface area contributed by atoms with E-state index in [0.29, 0.717) is 6.61 Å². The van der Waals surface area contributed by atoms with Gasteiger partial charge >= 0.3 is 0 Å². The highest BCUT2D eigenvalue weighted by Gasteiger charge is 2.44. The summed E-state index contributed by atoms with van der Waals surface area (Å²) in [5, 5.41) is 3.69. The highest BCUT2D eigenvalue weighted by molar-refractivity contribution is 6.02. The second kappa shape index (κ2) is 8.51. The Hall–Kier alpha value is -2.75. The smallest absolute Gasteiger partial charge is 0.258 e. The topological polar surface area (TPSA) is 41.6 Å². The van der Waals surface area contributed by atoms with Crippen molar-refractivity contribution in [2.24, 2.45) is 0 Å². The molecule has 0 saturated heterocycles. The Morgan fingerprint density at radius 2 is 1.86 bits per heavy atom. The molecule has 0 aromatic heterocycles. The molecule has 148 valence electrons. The van der Waals surface area contributed by atoms with Crippen molar-refractivity contribution >= 4 is 11.6 Å². The van der Waals surface area contributed by atoms with Crippen molar-refractivity contribution < 1.29 is 9.53 Å². The first-order chi connectivity index (χ1) is 13.5. The van der Waals surface area contributed by atoms with Gasteiger partial charge in [0.2, 0.25) is 0 Å². The van der Waals surface area contributed by atoms with Gasteiger partial charge in [0.1, 0.15) is 18.0 Å². The van der Waals surface area contributed by atoms with Gasteiger partial charge in [0.15, 0.2) is 0 Å². The second-order valence-electron chi connectivity index (χ2n) is 7.46. The third kappa shape index (κ3) is 3.77. The third-order valence-electron chi connectivity index (χ3n) is 5.27. The molecule has 0 fully saturated rings. The summed E-state index contributed by atoms with van der Waals surface area (Å²) in [5.74, 6) is 0.896. The number of hydrogen-bond donors (Lipinski definition) is 1. The molecule has 1 heterocycles. The minimum absolute atomic E-state index is 0.0901. The largest absolute Gasteiger partial charge is 0.489 e. The first kappa shape index (κ1) is 20.0. The van der Waals surface area contributed by atoms with Gasteiger partial charge < -0.3 is 15.0 Å². The van der Waals surface area contributed by atoms with E-state index in [1.54, 1.807) is 0 Å². The number of nitrogens with zero attached hydrogens (tertiary/aromatic N) is 1. The van der Waals surface area contributed by atoms with Crippen LogP contribution in [-0.2, 0) is 5.66 Å². The summed E-state index contributed by atoms with van der Waals surface area (Å²) >= 11 is 0. The Morgan fingerprint density at radius 3 is 2.50 bits per heavy atom. The molecular formula is C24H30N2O2. The summed E-state index contributed by atoms with van der Waals surface area (Å²) in [6.45, 7) is 11.3. The molecule has 4 nitrogen and oxygen atoms in total. The van der Waals surface area contributed by atoms with Crippen LogP contribution >= 0.6 is 0 Å². The van der Waals surface area contributed by atoms with Crippen LogP contribution in [0.25, 0.3) is 0 Å². The SMILES string of the molecule is C=C(C)COc1ccc(C2(CC)Nc3ccccc3C(=O)N2CCCC)cc1. The van der Waals surface area contributed by atoms with Crippen LogP contribution in [0.2, 0.25) is 0 Å². The van der Waals surface area contributed by atoms with E-state index in [2.05, 4.69) is 37.9 Å². The van der Waals surface area contributed by atoms with Gasteiger partial charge in [-0.1, -0.05) is 51.1 Å². The number of nitrogens with one attached hydrogen (secondary N) is 1. The number of amides is 1. The number of fused-ring (bicyclic) bond motifs is 1. The summed E-state index contributed by atoms with van der Waals surface area (Å²) in [6, 6.07) is 15.8. The van der Waals surface area contributed by atoms with Crippen LogP contribution in [0.15, 0.2) is 60.7 Å². The normalized spacial score (nSPS) is 18.4. The van der Waals surface area contributed by atoms with Crippen LogP contribution in [0.5, 0.6) is 5.75 Å². The summed E-state index contributed by atoms with van der Waals surface area (Å²) in [5.41, 5.74) is 3.12.